The minimum atomic E-state index is -1.05. The number of rotatable bonds is 3. The van der Waals surface area contributed by atoms with E-state index in [9.17, 15) is 9.59 Å². The van der Waals surface area contributed by atoms with Crippen LogP contribution in [0.5, 0.6) is 5.75 Å². The van der Waals surface area contributed by atoms with Gasteiger partial charge in [-0.15, -0.1) is 0 Å². The lowest BCUT2D eigenvalue weighted by molar-refractivity contribution is -0.147. The fraction of sp³-hybridized carbons (Fsp3) is 0.286. The van der Waals surface area contributed by atoms with E-state index < -0.39 is 12.0 Å². The van der Waals surface area contributed by atoms with Crippen LogP contribution in [-0.2, 0) is 9.59 Å². The monoisotopic (exact) mass is 295 g/mol. The van der Waals surface area contributed by atoms with Crippen molar-refractivity contribution in [2.75, 3.05) is 13.7 Å². The van der Waals surface area contributed by atoms with Crippen molar-refractivity contribution in [2.45, 2.75) is 13.0 Å². The first-order chi connectivity index (χ1) is 9.40. The molecule has 0 saturated carbocycles. The van der Waals surface area contributed by atoms with Gasteiger partial charge in [0.25, 0.3) is 5.91 Å². The molecule has 106 valence electrons. The largest absolute Gasteiger partial charge is 0.488 e. The molecule has 0 aliphatic carbocycles. The minimum absolute atomic E-state index is 0.115. The maximum absolute atomic E-state index is 12.2. The van der Waals surface area contributed by atoms with Crippen LogP contribution in [0.25, 0.3) is 6.08 Å². The molecule has 0 aromatic heterocycles. The number of hydrogen-bond donors (Lipinski definition) is 1. The van der Waals surface area contributed by atoms with Crippen molar-refractivity contribution in [3.63, 3.8) is 0 Å². The molecule has 2 rings (SSSR count). The van der Waals surface area contributed by atoms with Crippen molar-refractivity contribution >= 4 is 29.6 Å². The van der Waals surface area contributed by atoms with E-state index in [-0.39, 0.29) is 12.5 Å². The van der Waals surface area contributed by atoms with E-state index in [1.807, 2.05) is 0 Å². The van der Waals surface area contributed by atoms with E-state index in [4.69, 9.17) is 21.4 Å². The molecule has 1 amide bonds. The van der Waals surface area contributed by atoms with E-state index in [0.717, 1.165) is 0 Å². The summed E-state index contributed by atoms with van der Waals surface area (Å²) < 4.78 is 5.48. The van der Waals surface area contributed by atoms with Crippen LogP contribution in [0.4, 0.5) is 0 Å². The fourth-order valence-corrected chi connectivity index (χ4v) is 2.02. The smallest absolute Gasteiger partial charge is 0.326 e. The summed E-state index contributed by atoms with van der Waals surface area (Å²) in [5.41, 5.74) is 1.11. The number of carbonyl (C=O) groups excluding carboxylic acids is 1. The lowest BCUT2D eigenvalue weighted by Crippen LogP contribution is -2.41. The molecule has 1 atom stereocenters. The van der Waals surface area contributed by atoms with Gasteiger partial charge in [-0.3, -0.25) is 4.79 Å². The zero-order valence-corrected chi connectivity index (χ0v) is 11.8. The SMILES string of the molecule is C[C@H](C(=O)O)N(C)C(=O)C1=Cc2cc(Cl)ccc2OC1. The second-order valence-electron chi connectivity index (χ2n) is 4.57. The van der Waals surface area contributed by atoms with Crippen molar-refractivity contribution in [1.29, 1.82) is 0 Å². The van der Waals surface area contributed by atoms with Gasteiger partial charge in [-0.05, 0) is 31.2 Å². The summed E-state index contributed by atoms with van der Waals surface area (Å²) in [6.45, 7) is 1.57. The third kappa shape index (κ3) is 2.77. The Bertz CT molecular complexity index is 597. The third-order valence-electron chi connectivity index (χ3n) is 3.22. The van der Waals surface area contributed by atoms with Gasteiger partial charge in [-0.2, -0.15) is 0 Å². The summed E-state index contributed by atoms with van der Waals surface area (Å²) in [4.78, 5) is 24.3. The van der Waals surface area contributed by atoms with Crippen molar-refractivity contribution in [3.8, 4) is 5.75 Å². The molecule has 1 aliphatic rings. The van der Waals surface area contributed by atoms with Crippen LogP contribution in [0.2, 0.25) is 5.02 Å². The van der Waals surface area contributed by atoms with Gasteiger partial charge in [0.2, 0.25) is 0 Å². The predicted octanol–water partition coefficient (Wildman–Crippen LogP) is 2.05. The molecule has 20 heavy (non-hydrogen) atoms. The van der Waals surface area contributed by atoms with Gasteiger partial charge < -0.3 is 14.7 Å². The van der Waals surface area contributed by atoms with E-state index >= 15 is 0 Å². The highest BCUT2D eigenvalue weighted by Crippen LogP contribution is 2.29. The molecule has 1 aromatic carbocycles. The van der Waals surface area contributed by atoms with Crippen molar-refractivity contribution in [2.24, 2.45) is 0 Å². The lowest BCUT2D eigenvalue weighted by atomic mass is 10.1. The Morgan fingerprint density at radius 2 is 2.15 bits per heavy atom. The first-order valence-corrected chi connectivity index (χ1v) is 6.41. The van der Waals surface area contributed by atoms with Crippen LogP contribution >= 0.6 is 11.6 Å². The van der Waals surface area contributed by atoms with Gasteiger partial charge in [-0.25, -0.2) is 4.79 Å². The summed E-state index contributed by atoms with van der Waals surface area (Å²) in [6, 6.07) is 4.24. The normalized spacial score (nSPS) is 14.7. The van der Waals surface area contributed by atoms with Crippen LogP contribution in [0.15, 0.2) is 23.8 Å². The average Bonchev–Trinajstić information content (AvgIpc) is 2.43. The van der Waals surface area contributed by atoms with Gasteiger partial charge in [-0.1, -0.05) is 11.6 Å². The number of carboxylic acid groups (broad SMARTS) is 1. The fourth-order valence-electron chi connectivity index (χ4n) is 1.84. The Kier molecular flexibility index (Phi) is 3.99. The zero-order valence-electron chi connectivity index (χ0n) is 11.1. The molecule has 1 aromatic rings. The zero-order chi connectivity index (χ0) is 14.9. The van der Waals surface area contributed by atoms with Gasteiger partial charge in [0.15, 0.2) is 0 Å². The molecular formula is C14H14ClNO4. The molecule has 0 unspecified atom stereocenters. The minimum Gasteiger partial charge on any atom is -0.488 e. The molecule has 0 fully saturated rings. The second-order valence-corrected chi connectivity index (χ2v) is 5.01. The number of fused-ring (bicyclic) bond motifs is 1. The number of aliphatic carboxylic acids is 1. The molecule has 6 heteroatoms. The van der Waals surface area contributed by atoms with Gasteiger partial charge in [0.05, 0.1) is 5.57 Å². The summed E-state index contributed by atoms with van der Waals surface area (Å²) in [5, 5.41) is 9.48. The molecule has 1 N–H and O–H groups in total. The predicted molar refractivity (Wildman–Crippen MR) is 74.8 cm³/mol. The number of halogens is 1. The number of carbonyl (C=O) groups is 2. The van der Waals surface area contributed by atoms with E-state index in [1.165, 1.54) is 18.9 Å². The Balaban J connectivity index is 2.26. The van der Waals surface area contributed by atoms with Gasteiger partial charge >= 0.3 is 5.97 Å². The van der Waals surface area contributed by atoms with E-state index in [0.29, 0.717) is 21.9 Å². The topological polar surface area (TPSA) is 66.8 Å². The Labute approximate surface area is 121 Å². The molecule has 5 nitrogen and oxygen atoms in total. The number of carboxylic acids is 1. The summed E-state index contributed by atoms with van der Waals surface area (Å²) >= 11 is 5.90. The number of hydrogen-bond acceptors (Lipinski definition) is 3. The first-order valence-electron chi connectivity index (χ1n) is 6.03. The highest BCUT2D eigenvalue weighted by Gasteiger charge is 2.26. The summed E-state index contributed by atoms with van der Waals surface area (Å²) in [7, 11) is 1.45. The van der Waals surface area contributed by atoms with Gasteiger partial charge in [0.1, 0.15) is 18.4 Å². The van der Waals surface area contributed by atoms with Gasteiger partial charge in [0, 0.05) is 17.6 Å². The lowest BCUT2D eigenvalue weighted by Gasteiger charge is -2.25. The van der Waals surface area contributed by atoms with E-state index in [2.05, 4.69) is 0 Å². The number of nitrogens with zero attached hydrogens (tertiary/aromatic N) is 1. The second kappa shape index (κ2) is 5.54. The molecule has 0 bridgehead atoms. The standard InChI is InChI=1S/C14H14ClNO4/c1-8(14(18)19)16(2)13(17)10-5-9-6-11(15)3-4-12(9)20-7-10/h3-6,8H,7H2,1-2H3,(H,18,19)/t8-/m1/s1. The maximum Gasteiger partial charge on any atom is 0.326 e. The molecule has 0 radical (unpaired) electrons. The summed E-state index contributed by atoms with van der Waals surface area (Å²) in [6.07, 6.45) is 1.68. The Morgan fingerprint density at radius 3 is 2.80 bits per heavy atom. The summed E-state index contributed by atoms with van der Waals surface area (Å²) in [5.74, 6) is -0.771. The van der Waals surface area contributed by atoms with Crippen LogP contribution in [-0.4, -0.2) is 41.6 Å². The van der Waals surface area contributed by atoms with E-state index in [1.54, 1.807) is 24.3 Å². The molecule has 0 saturated heterocycles. The quantitative estimate of drug-likeness (QED) is 0.927. The Morgan fingerprint density at radius 1 is 1.45 bits per heavy atom. The first kappa shape index (κ1) is 14.4. The van der Waals surface area contributed by atoms with Crippen molar-refractivity contribution in [3.05, 3.63) is 34.4 Å². The molecule has 0 spiro atoms. The molecule has 1 aliphatic heterocycles. The number of ether oxygens (including phenoxy) is 1. The highest BCUT2D eigenvalue weighted by molar-refractivity contribution is 6.30. The molecule has 1 heterocycles. The van der Waals surface area contributed by atoms with Crippen LogP contribution in [0.3, 0.4) is 0 Å². The molecular weight excluding hydrogens is 282 g/mol. The van der Waals surface area contributed by atoms with Crippen LogP contribution < -0.4 is 4.74 Å². The maximum atomic E-state index is 12.2. The van der Waals surface area contributed by atoms with Crippen LogP contribution in [0.1, 0.15) is 12.5 Å². The average molecular weight is 296 g/mol. The van der Waals surface area contributed by atoms with Crippen molar-refractivity contribution in [1.82, 2.24) is 4.90 Å². The number of amides is 1. The number of benzene rings is 1. The third-order valence-corrected chi connectivity index (χ3v) is 3.45. The number of likely N-dealkylation sites (N-methyl/N-ethyl adjacent to an activating group) is 1. The highest BCUT2D eigenvalue weighted by atomic mass is 35.5. The van der Waals surface area contributed by atoms with Crippen molar-refractivity contribution < 1.29 is 19.4 Å². The Hall–Kier alpha value is -2.01. The van der Waals surface area contributed by atoms with Crippen LogP contribution in [0, 0.1) is 0 Å².